The van der Waals surface area contributed by atoms with Gasteiger partial charge in [0.25, 0.3) is 11.5 Å². The number of ether oxygens (including phenoxy) is 1. The SMILES string of the molecule is O=C(COC(=O)c1ccc(=O)n(Cc2ccccc2)n1)N[C@@H]1CCS(=O)(=O)C1. The number of nitrogens with one attached hydrogen (secondary N) is 1. The molecule has 28 heavy (non-hydrogen) atoms. The molecule has 1 saturated heterocycles. The fraction of sp³-hybridized carbons (Fsp3) is 0.333. The Bertz CT molecular complexity index is 1030. The summed E-state index contributed by atoms with van der Waals surface area (Å²) in [4.78, 5) is 35.9. The van der Waals surface area contributed by atoms with Crippen LogP contribution in [0.5, 0.6) is 0 Å². The zero-order valence-electron chi connectivity index (χ0n) is 14.9. The Morgan fingerprint density at radius 1 is 1.18 bits per heavy atom. The summed E-state index contributed by atoms with van der Waals surface area (Å²) in [6, 6.07) is 11.1. The number of nitrogens with zero attached hydrogens (tertiary/aromatic N) is 2. The number of carbonyl (C=O) groups excluding carboxylic acids is 2. The Morgan fingerprint density at radius 3 is 2.61 bits per heavy atom. The van der Waals surface area contributed by atoms with Crippen molar-refractivity contribution in [3.05, 3.63) is 64.1 Å². The molecule has 0 unspecified atom stereocenters. The molecule has 1 aromatic heterocycles. The van der Waals surface area contributed by atoms with Gasteiger partial charge < -0.3 is 10.1 Å². The number of hydrogen-bond donors (Lipinski definition) is 1. The highest BCUT2D eigenvalue weighted by molar-refractivity contribution is 7.91. The van der Waals surface area contributed by atoms with Crippen LogP contribution in [0.15, 0.2) is 47.3 Å². The monoisotopic (exact) mass is 405 g/mol. The quantitative estimate of drug-likeness (QED) is 0.657. The van der Waals surface area contributed by atoms with Gasteiger partial charge in [-0.05, 0) is 18.1 Å². The number of amides is 1. The van der Waals surface area contributed by atoms with E-state index in [1.165, 1.54) is 12.1 Å². The Hall–Kier alpha value is -3.01. The largest absolute Gasteiger partial charge is 0.451 e. The maximum absolute atomic E-state index is 12.1. The number of rotatable bonds is 6. The van der Waals surface area contributed by atoms with E-state index in [2.05, 4.69) is 10.4 Å². The first-order valence-corrected chi connectivity index (χ1v) is 10.4. The van der Waals surface area contributed by atoms with E-state index in [0.29, 0.717) is 6.42 Å². The van der Waals surface area contributed by atoms with Crippen LogP contribution < -0.4 is 10.9 Å². The maximum atomic E-state index is 12.1. The maximum Gasteiger partial charge on any atom is 0.359 e. The lowest BCUT2D eigenvalue weighted by Crippen LogP contribution is -2.38. The summed E-state index contributed by atoms with van der Waals surface area (Å²) in [5.74, 6) is -1.52. The average Bonchev–Trinajstić information content (AvgIpc) is 3.00. The molecule has 148 valence electrons. The third-order valence-electron chi connectivity index (χ3n) is 4.18. The second-order valence-electron chi connectivity index (χ2n) is 6.44. The van der Waals surface area contributed by atoms with Crippen LogP contribution in [0.3, 0.4) is 0 Å². The Kier molecular flexibility index (Phi) is 5.88. The van der Waals surface area contributed by atoms with Gasteiger partial charge in [-0.1, -0.05) is 30.3 Å². The van der Waals surface area contributed by atoms with Crippen molar-refractivity contribution in [2.75, 3.05) is 18.1 Å². The molecule has 1 amide bonds. The van der Waals surface area contributed by atoms with Gasteiger partial charge >= 0.3 is 5.97 Å². The van der Waals surface area contributed by atoms with Crippen LogP contribution in [0.2, 0.25) is 0 Å². The summed E-state index contributed by atoms with van der Waals surface area (Å²) < 4.78 is 28.8. The topological polar surface area (TPSA) is 124 Å². The predicted molar refractivity (Wildman–Crippen MR) is 99.5 cm³/mol. The molecule has 9 nitrogen and oxygen atoms in total. The van der Waals surface area contributed by atoms with E-state index in [-0.39, 0.29) is 29.3 Å². The molecule has 1 atom stereocenters. The Balaban J connectivity index is 1.57. The van der Waals surface area contributed by atoms with E-state index in [0.717, 1.165) is 10.2 Å². The van der Waals surface area contributed by atoms with Gasteiger partial charge in [0.15, 0.2) is 22.1 Å². The van der Waals surface area contributed by atoms with E-state index < -0.39 is 34.4 Å². The summed E-state index contributed by atoms with van der Waals surface area (Å²) in [6.07, 6.45) is 0.341. The average molecular weight is 405 g/mol. The lowest BCUT2D eigenvalue weighted by molar-refractivity contribution is -0.124. The summed E-state index contributed by atoms with van der Waals surface area (Å²) in [6.45, 7) is -0.369. The van der Waals surface area contributed by atoms with E-state index in [1.807, 2.05) is 30.3 Å². The second-order valence-corrected chi connectivity index (χ2v) is 8.67. The van der Waals surface area contributed by atoms with Crippen molar-refractivity contribution in [2.45, 2.75) is 19.0 Å². The molecule has 1 aromatic carbocycles. The molecule has 10 heteroatoms. The molecular formula is C18H19N3O6S. The number of carbonyl (C=O) groups is 2. The van der Waals surface area contributed by atoms with E-state index in [4.69, 9.17) is 4.74 Å². The van der Waals surface area contributed by atoms with Crippen molar-refractivity contribution in [3.8, 4) is 0 Å². The van der Waals surface area contributed by atoms with Crippen LogP contribution in [-0.2, 0) is 25.9 Å². The minimum absolute atomic E-state index is 0.0324. The molecule has 0 saturated carbocycles. The van der Waals surface area contributed by atoms with Crippen LogP contribution >= 0.6 is 0 Å². The zero-order valence-corrected chi connectivity index (χ0v) is 15.7. The molecule has 1 aliphatic rings. The molecule has 2 aromatic rings. The number of sulfone groups is 1. The standard InChI is InChI=1S/C18H19N3O6S/c22-16(19-14-8-9-28(25,26)12-14)11-27-18(24)15-6-7-17(23)21(20-15)10-13-4-2-1-3-5-13/h1-7,14H,8-12H2,(H,19,22)/t14-/m1/s1. The highest BCUT2D eigenvalue weighted by atomic mass is 32.2. The Labute approximate surface area is 161 Å². The van der Waals surface area contributed by atoms with Gasteiger partial charge in [0.2, 0.25) is 0 Å². The van der Waals surface area contributed by atoms with Gasteiger partial charge in [-0.25, -0.2) is 17.9 Å². The van der Waals surface area contributed by atoms with Gasteiger partial charge in [-0.15, -0.1) is 0 Å². The molecule has 0 bridgehead atoms. The van der Waals surface area contributed by atoms with Gasteiger partial charge in [-0.3, -0.25) is 9.59 Å². The summed E-state index contributed by atoms with van der Waals surface area (Å²) in [7, 11) is -3.11. The van der Waals surface area contributed by atoms with Crippen LogP contribution in [0.25, 0.3) is 0 Å². The number of hydrogen-bond acceptors (Lipinski definition) is 7. The van der Waals surface area contributed by atoms with Crippen LogP contribution in [0, 0.1) is 0 Å². The van der Waals surface area contributed by atoms with Crippen LogP contribution in [-0.4, -0.2) is 54.2 Å². The third kappa shape index (κ3) is 5.26. The normalized spacial score (nSPS) is 17.8. The van der Waals surface area contributed by atoms with Crippen LogP contribution in [0.4, 0.5) is 0 Å². The number of aromatic nitrogens is 2. The zero-order chi connectivity index (χ0) is 20.1. The highest BCUT2D eigenvalue weighted by Gasteiger charge is 2.29. The van der Waals surface area contributed by atoms with E-state index in [1.54, 1.807) is 0 Å². The van der Waals surface area contributed by atoms with Crippen molar-refractivity contribution in [1.29, 1.82) is 0 Å². The third-order valence-corrected chi connectivity index (χ3v) is 5.95. The fourth-order valence-corrected chi connectivity index (χ4v) is 4.48. The molecule has 0 radical (unpaired) electrons. The van der Waals surface area contributed by atoms with Gasteiger partial charge in [0.05, 0.1) is 18.1 Å². The molecule has 1 N–H and O–H groups in total. The first kappa shape index (κ1) is 19.7. The minimum atomic E-state index is -3.11. The first-order valence-electron chi connectivity index (χ1n) is 8.61. The summed E-state index contributed by atoms with van der Waals surface area (Å²) in [5, 5.41) is 6.51. The molecule has 1 aliphatic heterocycles. The molecular weight excluding hydrogens is 386 g/mol. The molecule has 2 heterocycles. The second kappa shape index (κ2) is 8.34. The predicted octanol–water partition coefficient (Wildman–Crippen LogP) is -0.248. The van der Waals surface area contributed by atoms with Crippen molar-refractivity contribution in [1.82, 2.24) is 15.1 Å². The fourth-order valence-electron chi connectivity index (χ4n) is 2.81. The van der Waals surface area contributed by atoms with Crippen molar-refractivity contribution >= 4 is 21.7 Å². The summed E-state index contributed by atoms with van der Waals surface area (Å²) in [5.41, 5.74) is 0.362. The lowest BCUT2D eigenvalue weighted by atomic mass is 10.2. The highest BCUT2D eigenvalue weighted by Crippen LogP contribution is 2.11. The van der Waals surface area contributed by atoms with E-state index >= 15 is 0 Å². The number of esters is 1. The van der Waals surface area contributed by atoms with Gasteiger partial charge in [0, 0.05) is 12.1 Å². The minimum Gasteiger partial charge on any atom is -0.451 e. The van der Waals surface area contributed by atoms with E-state index in [9.17, 15) is 22.8 Å². The van der Waals surface area contributed by atoms with Gasteiger partial charge in [0.1, 0.15) is 0 Å². The smallest absolute Gasteiger partial charge is 0.359 e. The summed E-state index contributed by atoms with van der Waals surface area (Å²) >= 11 is 0. The number of benzene rings is 1. The molecule has 0 aliphatic carbocycles. The van der Waals surface area contributed by atoms with Crippen molar-refractivity contribution in [3.63, 3.8) is 0 Å². The molecule has 0 spiro atoms. The molecule has 3 rings (SSSR count). The van der Waals surface area contributed by atoms with Gasteiger partial charge in [-0.2, -0.15) is 5.10 Å². The Morgan fingerprint density at radius 2 is 1.93 bits per heavy atom. The van der Waals surface area contributed by atoms with Crippen molar-refractivity contribution in [2.24, 2.45) is 0 Å². The van der Waals surface area contributed by atoms with Crippen molar-refractivity contribution < 1.29 is 22.7 Å². The molecule has 1 fully saturated rings. The first-order chi connectivity index (χ1) is 13.3. The van der Waals surface area contributed by atoms with Crippen LogP contribution in [0.1, 0.15) is 22.5 Å². The lowest BCUT2D eigenvalue weighted by Gasteiger charge is -2.11.